The van der Waals surface area contributed by atoms with Gasteiger partial charge in [-0.15, -0.1) is 0 Å². The molecule has 0 aliphatic heterocycles. The van der Waals surface area contributed by atoms with E-state index < -0.39 is 16.7 Å². The van der Waals surface area contributed by atoms with Gasteiger partial charge in [-0.3, -0.25) is 4.79 Å². The summed E-state index contributed by atoms with van der Waals surface area (Å²) in [6.45, 7) is 0. The Morgan fingerprint density at radius 3 is 2.67 bits per heavy atom. The summed E-state index contributed by atoms with van der Waals surface area (Å²) >= 11 is 10.7. The molecule has 0 saturated carbocycles. The average molecular weight is 209 g/mol. The van der Waals surface area contributed by atoms with Crippen LogP contribution in [0.3, 0.4) is 0 Å². The number of hydrogen-bond acceptors (Lipinski definition) is 2. The average Bonchev–Trinajstić information content (AvgIpc) is 2.00. The van der Waals surface area contributed by atoms with Crippen molar-refractivity contribution in [1.29, 1.82) is 0 Å². The van der Waals surface area contributed by atoms with Gasteiger partial charge in [-0.05, 0) is 0 Å². The zero-order valence-electron chi connectivity index (χ0n) is 5.64. The first-order valence-corrected chi connectivity index (χ1v) is 3.59. The molecule has 1 aromatic rings. The third-order valence-electron chi connectivity index (χ3n) is 1.18. The summed E-state index contributed by atoms with van der Waals surface area (Å²) in [5.74, 6) is -1.78. The minimum absolute atomic E-state index is 0.182. The van der Waals surface area contributed by atoms with Crippen molar-refractivity contribution in [2.24, 2.45) is 5.73 Å². The van der Waals surface area contributed by atoms with E-state index in [0.717, 1.165) is 6.20 Å². The molecule has 12 heavy (non-hydrogen) atoms. The van der Waals surface area contributed by atoms with Gasteiger partial charge in [-0.1, -0.05) is 23.2 Å². The second-order valence-corrected chi connectivity index (χ2v) is 2.69. The fraction of sp³-hybridized carbons (Fsp3) is 0. The van der Waals surface area contributed by atoms with Crippen molar-refractivity contribution in [2.75, 3.05) is 0 Å². The van der Waals surface area contributed by atoms with Crippen molar-refractivity contribution >= 4 is 29.1 Å². The first kappa shape index (κ1) is 9.22. The summed E-state index contributed by atoms with van der Waals surface area (Å²) in [7, 11) is 0. The van der Waals surface area contributed by atoms with Gasteiger partial charge in [0.15, 0.2) is 11.0 Å². The molecular formula is C6H3Cl2FN2O. The highest BCUT2D eigenvalue weighted by atomic mass is 35.5. The molecule has 0 aliphatic rings. The Labute approximate surface area is 77.3 Å². The lowest BCUT2D eigenvalue weighted by atomic mass is 10.3. The van der Waals surface area contributed by atoms with Crippen LogP contribution in [0, 0.1) is 5.82 Å². The van der Waals surface area contributed by atoms with Crippen LogP contribution in [0.5, 0.6) is 0 Å². The van der Waals surface area contributed by atoms with Crippen LogP contribution in [0.25, 0.3) is 0 Å². The minimum atomic E-state index is -0.936. The number of primary amides is 1. The van der Waals surface area contributed by atoms with Crippen LogP contribution in [0.15, 0.2) is 6.20 Å². The largest absolute Gasteiger partial charge is 0.366 e. The second kappa shape index (κ2) is 3.25. The maximum atomic E-state index is 12.8. The number of amides is 1. The molecule has 1 aromatic heterocycles. The maximum Gasteiger partial charge on any atom is 0.251 e. The molecule has 1 amide bonds. The molecule has 0 bridgehead atoms. The van der Waals surface area contributed by atoms with Crippen LogP contribution >= 0.6 is 23.2 Å². The molecule has 0 radical (unpaired) electrons. The van der Waals surface area contributed by atoms with E-state index in [1.807, 2.05) is 0 Å². The second-order valence-electron chi connectivity index (χ2n) is 1.95. The number of aromatic nitrogens is 1. The Balaban J connectivity index is 3.36. The quantitative estimate of drug-likeness (QED) is 0.714. The molecular weight excluding hydrogens is 206 g/mol. The molecule has 0 aliphatic carbocycles. The highest BCUT2D eigenvalue weighted by Crippen LogP contribution is 2.23. The Hall–Kier alpha value is -0.870. The third-order valence-corrected chi connectivity index (χ3v) is 1.82. The number of nitrogens with two attached hydrogens (primary N) is 1. The van der Waals surface area contributed by atoms with Crippen LogP contribution in [-0.2, 0) is 0 Å². The van der Waals surface area contributed by atoms with Crippen molar-refractivity contribution < 1.29 is 9.18 Å². The monoisotopic (exact) mass is 208 g/mol. The van der Waals surface area contributed by atoms with Gasteiger partial charge < -0.3 is 5.73 Å². The van der Waals surface area contributed by atoms with Gasteiger partial charge >= 0.3 is 0 Å². The molecule has 0 saturated heterocycles. The molecule has 0 atom stereocenters. The lowest BCUT2D eigenvalue weighted by Gasteiger charge is -2.00. The topological polar surface area (TPSA) is 56.0 Å². The lowest BCUT2D eigenvalue weighted by Crippen LogP contribution is -2.12. The molecule has 0 spiro atoms. The number of pyridine rings is 1. The Bertz CT molecular complexity index is 343. The maximum absolute atomic E-state index is 12.8. The Morgan fingerprint density at radius 1 is 1.58 bits per heavy atom. The molecule has 0 aromatic carbocycles. The summed E-state index contributed by atoms with van der Waals surface area (Å²) in [5.41, 5.74) is 4.68. The zero-order valence-corrected chi connectivity index (χ0v) is 7.16. The molecule has 3 nitrogen and oxygen atoms in total. The number of rotatable bonds is 1. The summed E-state index contributed by atoms with van der Waals surface area (Å²) in [4.78, 5) is 13.9. The number of hydrogen-bond donors (Lipinski definition) is 1. The predicted octanol–water partition coefficient (Wildman–Crippen LogP) is 1.63. The molecule has 2 N–H and O–H groups in total. The summed E-state index contributed by atoms with van der Waals surface area (Å²) in [5, 5.41) is -0.785. The standard InChI is InChI=1S/C6H3Cl2FN2O/c7-3-2(6(10)12)1-11-5(8)4(3)9/h1H,(H2,10,12). The van der Waals surface area contributed by atoms with Crippen molar-refractivity contribution in [2.45, 2.75) is 0 Å². The highest BCUT2D eigenvalue weighted by Gasteiger charge is 2.14. The van der Waals surface area contributed by atoms with Crippen molar-refractivity contribution in [1.82, 2.24) is 4.98 Å². The Kier molecular flexibility index (Phi) is 2.49. The number of halogens is 3. The van der Waals surface area contributed by atoms with Crippen LogP contribution in [0.1, 0.15) is 10.4 Å². The van der Waals surface area contributed by atoms with E-state index in [9.17, 15) is 9.18 Å². The number of nitrogens with zero attached hydrogens (tertiary/aromatic N) is 1. The van der Waals surface area contributed by atoms with E-state index in [-0.39, 0.29) is 10.7 Å². The van der Waals surface area contributed by atoms with Crippen LogP contribution in [0.4, 0.5) is 4.39 Å². The van der Waals surface area contributed by atoms with Crippen molar-refractivity contribution in [3.63, 3.8) is 0 Å². The first-order valence-electron chi connectivity index (χ1n) is 2.83. The summed E-state index contributed by atoms with van der Waals surface area (Å²) in [6, 6.07) is 0. The van der Waals surface area contributed by atoms with Crippen molar-refractivity contribution in [3.8, 4) is 0 Å². The van der Waals surface area contributed by atoms with E-state index in [4.69, 9.17) is 28.9 Å². The van der Waals surface area contributed by atoms with Crippen LogP contribution < -0.4 is 5.73 Å². The molecule has 0 fully saturated rings. The zero-order chi connectivity index (χ0) is 9.30. The lowest BCUT2D eigenvalue weighted by molar-refractivity contribution is 0.0999. The molecule has 1 heterocycles. The van der Waals surface area contributed by atoms with Gasteiger partial charge in [0.1, 0.15) is 0 Å². The highest BCUT2D eigenvalue weighted by molar-refractivity contribution is 6.36. The van der Waals surface area contributed by atoms with Crippen LogP contribution in [0.2, 0.25) is 10.2 Å². The van der Waals surface area contributed by atoms with Gasteiger partial charge in [0.2, 0.25) is 0 Å². The van der Waals surface area contributed by atoms with Crippen molar-refractivity contribution in [3.05, 3.63) is 27.8 Å². The van der Waals surface area contributed by atoms with E-state index >= 15 is 0 Å². The van der Waals surface area contributed by atoms with Gasteiger partial charge in [0.05, 0.1) is 10.6 Å². The normalized spacial score (nSPS) is 9.92. The van der Waals surface area contributed by atoms with Crippen LogP contribution in [-0.4, -0.2) is 10.9 Å². The molecule has 6 heteroatoms. The van der Waals surface area contributed by atoms with Gasteiger partial charge in [-0.2, -0.15) is 0 Å². The molecule has 64 valence electrons. The fourth-order valence-electron chi connectivity index (χ4n) is 0.615. The SMILES string of the molecule is NC(=O)c1cnc(Cl)c(F)c1Cl. The van der Waals surface area contributed by atoms with E-state index in [1.54, 1.807) is 0 Å². The molecule has 0 unspecified atom stereocenters. The Morgan fingerprint density at radius 2 is 2.17 bits per heavy atom. The van der Waals surface area contributed by atoms with E-state index in [1.165, 1.54) is 0 Å². The van der Waals surface area contributed by atoms with Gasteiger partial charge in [0, 0.05) is 6.20 Å². The summed E-state index contributed by atoms with van der Waals surface area (Å²) < 4.78 is 12.8. The number of carbonyl (C=O) groups excluding carboxylic acids is 1. The third kappa shape index (κ3) is 1.49. The summed E-state index contributed by atoms with van der Waals surface area (Å²) in [6.07, 6.45) is 1.02. The predicted molar refractivity (Wildman–Crippen MR) is 42.7 cm³/mol. The smallest absolute Gasteiger partial charge is 0.251 e. The minimum Gasteiger partial charge on any atom is -0.366 e. The van der Waals surface area contributed by atoms with Gasteiger partial charge in [0.25, 0.3) is 5.91 Å². The first-order chi connectivity index (χ1) is 5.54. The molecule has 1 rings (SSSR count). The fourth-order valence-corrected chi connectivity index (χ4v) is 1.04. The number of carbonyl (C=O) groups is 1. The van der Waals surface area contributed by atoms with E-state index in [0.29, 0.717) is 0 Å². The van der Waals surface area contributed by atoms with E-state index in [2.05, 4.69) is 4.98 Å². The van der Waals surface area contributed by atoms with Gasteiger partial charge in [-0.25, -0.2) is 9.37 Å².